The van der Waals surface area contributed by atoms with Gasteiger partial charge in [0, 0.05) is 18.5 Å². The number of hydrogen-bond acceptors (Lipinski definition) is 9. The number of pyridine rings is 1. The first kappa shape index (κ1) is 15.2. The Morgan fingerprint density at radius 3 is 3.17 bits per heavy atom. The van der Waals surface area contributed by atoms with E-state index in [9.17, 15) is 15.0 Å². The second-order valence-corrected chi connectivity index (χ2v) is 4.73. The van der Waals surface area contributed by atoms with Crippen LogP contribution in [0.2, 0.25) is 0 Å². The number of morpholine rings is 1. The van der Waals surface area contributed by atoms with Crippen LogP contribution in [0.15, 0.2) is 17.4 Å². The van der Waals surface area contributed by atoms with Crippen LogP contribution < -0.4 is 24.7 Å². The van der Waals surface area contributed by atoms with Gasteiger partial charge in [-0.2, -0.15) is 0 Å². The molecule has 0 aliphatic carbocycles. The Bertz CT molecular complexity index is 736. The topological polar surface area (TPSA) is 122 Å². The van der Waals surface area contributed by atoms with E-state index in [1.807, 2.05) is 0 Å². The fourth-order valence-electron chi connectivity index (χ4n) is 2.34. The van der Waals surface area contributed by atoms with Crippen molar-refractivity contribution in [2.45, 2.75) is 6.17 Å². The van der Waals surface area contributed by atoms with Crippen molar-refractivity contribution in [1.29, 1.82) is 0 Å². The minimum Gasteiger partial charge on any atom is -0.870 e. The third-order valence-corrected chi connectivity index (χ3v) is 3.41. The lowest BCUT2D eigenvalue weighted by molar-refractivity contribution is -0.581. The predicted molar refractivity (Wildman–Crippen MR) is 67.2 cm³/mol. The van der Waals surface area contributed by atoms with Gasteiger partial charge in [-0.25, -0.2) is 4.79 Å². The van der Waals surface area contributed by atoms with Gasteiger partial charge in [0.15, 0.2) is 5.75 Å². The summed E-state index contributed by atoms with van der Waals surface area (Å²) >= 11 is 0. The largest absolute Gasteiger partial charge is 0.870 e. The number of hydrogen-bond donors (Lipinski definition) is 0. The van der Waals surface area contributed by atoms with Crippen molar-refractivity contribution in [1.82, 2.24) is 4.90 Å². The lowest BCUT2D eigenvalue weighted by Gasteiger charge is -2.37. The SMILES string of the molecule is COC(=O)OCOc1c([O-])cc[n+]2c1=C([O-])N1CCOC[C@H]1N=2. The Balaban J connectivity index is 1.98. The molecule has 0 amide bonds. The number of carbonyl (C=O) groups excluding carboxylic acids is 1. The van der Waals surface area contributed by atoms with Crippen LogP contribution >= 0.6 is 0 Å². The van der Waals surface area contributed by atoms with E-state index >= 15 is 0 Å². The summed E-state index contributed by atoms with van der Waals surface area (Å²) < 4.78 is 20.6. The zero-order valence-electron chi connectivity index (χ0n) is 12.3. The van der Waals surface area contributed by atoms with Gasteiger partial charge in [-0.05, 0) is 5.11 Å². The zero-order chi connectivity index (χ0) is 16.4. The van der Waals surface area contributed by atoms with Crippen molar-refractivity contribution in [2.24, 2.45) is 5.11 Å². The molecule has 3 rings (SSSR count). The van der Waals surface area contributed by atoms with Crippen molar-refractivity contribution in [3.05, 3.63) is 17.6 Å². The molecule has 1 fully saturated rings. The van der Waals surface area contributed by atoms with E-state index in [0.29, 0.717) is 19.8 Å². The molecular weight excluding hydrogens is 310 g/mol. The van der Waals surface area contributed by atoms with Crippen LogP contribution in [0, 0.1) is 0 Å². The molecule has 1 atom stereocenters. The highest BCUT2D eigenvalue weighted by molar-refractivity contribution is 5.59. The highest BCUT2D eigenvalue weighted by atomic mass is 16.8. The van der Waals surface area contributed by atoms with Gasteiger partial charge in [0.05, 0.1) is 20.3 Å². The quantitative estimate of drug-likeness (QED) is 0.334. The van der Waals surface area contributed by atoms with Gasteiger partial charge in [-0.1, -0.05) is 10.1 Å². The van der Waals surface area contributed by atoms with Crippen LogP contribution in [0.4, 0.5) is 4.79 Å². The number of ether oxygens (including phenoxy) is 4. The summed E-state index contributed by atoms with van der Waals surface area (Å²) in [4.78, 5) is 12.4. The van der Waals surface area contributed by atoms with Crippen LogP contribution in [0.5, 0.6) is 11.5 Å². The van der Waals surface area contributed by atoms with Crippen molar-refractivity contribution < 1.29 is 38.3 Å². The molecule has 10 nitrogen and oxygen atoms in total. The molecule has 0 bridgehead atoms. The second kappa shape index (κ2) is 6.16. The first-order chi connectivity index (χ1) is 11.1. The van der Waals surface area contributed by atoms with Crippen LogP contribution in [0.1, 0.15) is 0 Å². The molecule has 2 aliphatic rings. The number of nitrogens with zero attached hydrogens (tertiary/aromatic N) is 3. The zero-order valence-corrected chi connectivity index (χ0v) is 12.3. The number of fused-ring (bicyclic) bond motifs is 2. The maximum absolute atomic E-state index is 12.6. The summed E-state index contributed by atoms with van der Waals surface area (Å²) in [6, 6.07) is 1.22. The monoisotopic (exact) mass is 324 g/mol. The summed E-state index contributed by atoms with van der Waals surface area (Å²) in [5.74, 6) is -1.13. The van der Waals surface area contributed by atoms with E-state index in [1.54, 1.807) is 0 Å². The van der Waals surface area contributed by atoms with E-state index in [-0.39, 0.29) is 17.0 Å². The lowest BCUT2D eigenvalue weighted by Crippen LogP contribution is -2.58. The van der Waals surface area contributed by atoms with Crippen molar-refractivity contribution in [3.63, 3.8) is 0 Å². The number of carbonyl (C=O) groups is 1. The minimum absolute atomic E-state index is 0.0101. The Labute approximate surface area is 130 Å². The lowest BCUT2D eigenvalue weighted by atomic mass is 10.3. The number of aromatic nitrogens is 1. The molecule has 1 aromatic rings. The summed E-state index contributed by atoms with van der Waals surface area (Å²) in [5.41, 5.74) is 0. The van der Waals surface area contributed by atoms with Crippen LogP contribution in [0.3, 0.4) is 0 Å². The fourth-order valence-corrected chi connectivity index (χ4v) is 2.34. The average Bonchev–Trinajstić information content (AvgIpc) is 2.57. The summed E-state index contributed by atoms with van der Waals surface area (Å²) in [7, 11) is 1.14. The van der Waals surface area contributed by atoms with Crippen molar-refractivity contribution in [2.75, 3.05) is 33.7 Å². The summed E-state index contributed by atoms with van der Waals surface area (Å²) in [6.07, 6.45) is -0.0141. The van der Waals surface area contributed by atoms with Gasteiger partial charge in [0.1, 0.15) is 0 Å². The highest BCUT2D eigenvalue weighted by Gasteiger charge is 2.30. The van der Waals surface area contributed by atoms with E-state index in [1.165, 1.54) is 21.5 Å². The molecule has 0 N–H and O–H groups in total. The van der Waals surface area contributed by atoms with E-state index in [4.69, 9.17) is 9.47 Å². The molecular formula is C13H14N3O7-. The minimum atomic E-state index is -0.959. The number of methoxy groups -OCH3 is 1. The predicted octanol–water partition coefficient (Wildman–Crippen LogP) is -2.70. The average molecular weight is 324 g/mol. The van der Waals surface area contributed by atoms with Crippen molar-refractivity contribution >= 4 is 12.0 Å². The third-order valence-electron chi connectivity index (χ3n) is 3.41. The third kappa shape index (κ3) is 2.80. The molecule has 23 heavy (non-hydrogen) atoms. The highest BCUT2D eigenvalue weighted by Crippen LogP contribution is 2.19. The van der Waals surface area contributed by atoms with Crippen molar-refractivity contribution in [3.8, 4) is 11.5 Å². The molecule has 2 aliphatic heterocycles. The Morgan fingerprint density at radius 2 is 2.39 bits per heavy atom. The molecule has 3 heterocycles. The maximum Gasteiger partial charge on any atom is 0.510 e. The second-order valence-electron chi connectivity index (χ2n) is 4.73. The number of rotatable bonds is 3. The molecule has 0 saturated carbocycles. The van der Waals surface area contributed by atoms with E-state index < -0.39 is 24.9 Å². The van der Waals surface area contributed by atoms with Gasteiger partial charge < -0.3 is 34.1 Å². The molecule has 10 heteroatoms. The standard InChI is InChI=1S/C13H14N3O7/c1-20-13(19)23-7-22-11-8(17)2-3-16-10(11)12(18)15-4-5-21-6-9(15)14-16/h2-3,9H,4-7H2,1H3/q-1/t9-/m0/s1. The van der Waals surface area contributed by atoms with Crippen LogP contribution in [0.25, 0.3) is 5.88 Å². The molecule has 1 aromatic heterocycles. The maximum atomic E-state index is 12.6. The van der Waals surface area contributed by atoms with Gasteiger partial charge in [0.2, 0.25) is 19.2 Å². The Kier molecular flexibility index (Phi) is 4.06. The van der Waals surface area contributed by atoms with Gasteiger partial charge in [-0.3, -0.25) is 0 Å². The summed E-state index contributed by atoms with van der Waals surface area (Å²) in [6.45, 7) is 0.502. The normalized spacial score (nSPS) is 19.3. The first-order valence-electron chi connectivity index (χ1n) is 6.81. The van der Waals surface area contributed by atoms with Crippen LogP contribution in [-0.4, -0.2) is 50.9 Å². The Hall–Kier alpha value is -2.75. The Morgan fingerprint density at radius 1 is 1.57 bits per heavy atom. The molecule has 0 radical (unpaired) electrons. The van der Waals surface area contributed by atoms with E-state index in [0.717, 1.165) is 7.11 Å². The van der Waals surface area contributed by atoms with E-state index in [2.05, 4.69) is 14.6 Å². The first-order valence-corrected chi connectivity index (χ1v) is 6.81. The molecule has 0 aromatic carbocycles. The molecule has 1 saturated heterocycles. The van der Waals surface area contributed by atoms with Gasteiger partial charge >= 0.3 is 6.16 Å². The fraction of sp³-hybridized carbons (Fsp3) is 0.462. The molecule has 124 valence electrons. The molecule has 0 spiro atoms. The molecule has 0 unspecified atom stereocenters. The summed E-state index contributed by atoms with van der Waals surface area (Å²) in [5, 5.41) is 28.9. The smallest absolute Gasteiger partial charge is 0.510 e. The van der Waals surface area contributed by atoms with Crippen LogP contribution in [-0.2, 0) is 14.2 Å². The van der Waals surface area contributed by atoms with Gasteiger partial charge in [0.25, 0.3) is 5.35 Å². The van der Waals surface area contributed by atoms with Gasteiger partial charge in [-0.15, -0.1) is 0 Å².